The molecular formula is C47H56N8O6. The lowest BCUT2D eigenvalue weighted by Crippen LogP contribution is -2.51. The molecule has 2 bridgehead atoms. The van der Waals surface area contributed by atoms with Crippen molar-refractivity contribution in [3.8, 4) is 22.3 Å². The molecule has 6 atom stereocenters. The highest BCUT2D eigenvalue weighted by molar-refractivity contribution is 5.90. The van der Waals surface area contributed by atoms with Crippen LogP contribution in [0.15, 0.2) is 48.5 Å². The molecule has 320 valence electrons. The molecule has 61 heavy (non-hydrogen) atoms. The zero-order valence-electron chi connectivity index (χ0n) is 35.8. The molecule has 2 saturated heterocycles. The van der Waals surface area contributed by atoms with E-state index in [2.05, 4.69) is 69.1 Å². The molecule has 4 heterocycles. The van der Waals surface area contributed by atoms with Gasteiger partial charge in [0, 0.05) is 13.1 Å². The fourth-order valence-corrected chi connectivity index (χ4v) is 10.6. The number of hydrogen-bond acceptors (Lipinski definition) is 8. The number of ether oxygens (including phenoxy) is 2. The summed E-state index contributed by atoms with van der Waals surface area (Å²) in [6.45, 7) is 8.88. The van der Waals surface area contributed by atoms with E-state index in [0.717, 1.165) is 76.9 Å². The van der Waals surface area contributed by atoms with E-state index in [9.17, 15) is 19.2 Å². The Kier molecular flexibility index (Phi) is 10.7. The van der Waals surface area contributed by atoms with E-state index in [1.807, 2.05) is 37.5 Å². The number of aromatic amines is 2. The van der Waals surface area contributed by atoms with Gasteiger partial charge in [0.2, 0.25) is 11.8 Å². The van der Waals surface area contributed by atoms with Crippen LogP contribution in [0.4, 0.5) is 9.59 Å². The molecule has 1 saturated carbocycles. The number of amides is 4. The van der Waals surface area contributed by atoms with Gasteiger partial charge in [-0.1, -0.05) is 52.0 Å². The number of likely N-dealkylation sites (tertiary alicyclic amines) is 2. The normalized spacial score (nSPS) is 21.7. The van der Waals surface area contributed by atoms with Crippen molar-refractivity contribution >= 4 is 46.1 Å². The van der Waals surface area contributed by atoms with Crippen LogP contribution < -0.4 is 10.6 Å². The van der Waals surface area contributed by atoms with Crippen molar-refractivity contribution in [2.75, 3.05) is 27.3 Å². The van der Waals surface area contributed by atoms with Gasteiger partial charge in [0.05, 0.1) is 48.4 Å². The second kappa shape index (κ2) is 16.2. The largest absolute Gasteiger partial charge is 0.453 e. The van der Waals surface area contributed by atoms with Crippen LogP contribution in [0.5, 0.6) is 0 Å². The Labute approximate surface area is 355 Å². The molecular weight excluding hydrogens is 773 g/mol. The van der Waals surface area contributed by atoms with E-state index < -0.39 is 24.3 Å². The van der Waals surface area contributed by atoms with Gasteiger partial charge in [-0.2, -0.15) is 0 Å². The zero-order chi connectivity index (χ0) is 42.7. The number of alkyl carbamates (subject to hydrolysis) is 2. The lowest BCUT2D eigenvalue weighted by molar-refractivity contribution is -0.136. The van der Waals surface area contributed by atoms with Gasteiger partial charge < -0.3 is 39.9 Å². The molecule has 3 fully saturated rings. The topological polar surface area (TPSA) is 175 Å². The van der Waals surface area contributed by atoms with Crippen molar-refractivity contribution in [2.45, 2.75) is 109 Å². The van der Waals surface area contributed by atoms with Gasteiger partial charge in [0.25, 0.3) is 0 Å². The highest BCUT2D eigenvalue weighted by Gasteiger charge is 2.42. The number of fused-ring (bicyclic) bond motifs is 7. The van der Waals surface area contributed by atoms with E-state index in [0.29, 0.717) is 24.9 Å². The molecule has 14 heteroatoms. The number of nitrogens with one attached hydrogen (secondary N) is 4. The molecule has 3 unspecified atom stereocenters. The predicted octanol–water partition coefficient (Wildman–Crippen LogP) is 8.23. The molecule has 4 N–H and O–H groups in total. The fraction of sp³-hybridized carbons (Fsp3) is 0.489. The maximum atomic E-state index is 13.8. The SMILES string of the molecule is COC(=O)N[C@H](C(=O)N1CCCC1c1nc2ccc(-c3ccc(-c4ccc5nc([C@@H]6CCCN6C(=O)[C@@H](NC(=O)OC)C(C)C)[nH]c5c4)c4c3C3CCC4C3)cc2[nH]1)C(C)C. The molecule has 0 spiro atoms. The van der Waals surface area contributed by atoms with Gasteiger partial charge in [-0.3, -0.25) is 9.59 Å². The first-order valence-electron chi connectivity index (χ1n) is 21.9. The van der Waals surface area contributed by atoms with Crippen LogP contribution in [-0.4, -0.2) is 93.1 Å². The van der Waals surface area contributed by atoms with Crippen molar-refractivity contribution in [2.24, 2.45) is 11.8 Å². The Morgan fingerprint density at radius 1 is 0.639 bits per heavy atom. The summed E-state index contributed by atoms with van der Waals surface area (Å²) >= 11 is 0. The van der Waals surface area contributed by atoms with E-state index in [1.165, 1.54) is 49.3 Å². The minimum Gasteiger partial charge on any atom is -0.453 e. The minimum absolute atomic E-state index is 0.106. The first kappa shape index (κ1) is 40.5. The first-order chi connectivity index (χ1) is 29.4. The van der Waals surface area contributed by atoms with Gasteiger partial charge in [-0.05, 0) is 126 Å². The van der Waals surface area contributed by atoms with Crippen molar-refractivity contribution in [3.63, 3.8) is 0 Å². The average molecular weight is 829 g/mol. The summed E-state index contributed by atoms with van der Waals surface area (Å²) in [6, 6.07) is 15.7. The van der Waals surface area contributed by atoms with E-state index in [-0.39, 0.29) is 35.7 Å². The number of imidazole rings is 2. The maximum absolute atomic E-state index is 13.8. The minimum atomic E-state index is -0.690. The molecule has 2 aliphatic carbocycles. The molecule has 3 aromatic carbocycles. The Balaban J connectivity index is 0.995. The predicted molar refractivity (Wildman–Crippen MR) is 232 cm³/mol. The van der Waals surface area contributed by atoms with Crippen LogP contribution in [-0.2, 0) is 19.1 Å². The summed E-state index contributed by atoms with van der Waals surface area (Å²) in [4.78, 5) is 72.6. The van der Waals surface area contributed by atoms with Crippen LogP contribution >= 0.6 is 0 Å². The highest BCUT2D eigenvalue weighted by Crippen LogP contribution is 2.58. The fourth-order valence-electron chi connectivity index (χ4n) is 10.6. The molecule has 9 rings (SSSR count). The number of benzene rings is 3. The summed E-state index contributed by atoms with van der Waals surface area (Å²) in [5, 5.41) is 5.47. The van der Waals surface area contributed by atoms with Gasteiger partial charge in [0.15, 0.2) is 0 Å². The average Bonchev–Trinajstić information content (AvgIpc) is 4.12. The number of nitrogens with zero attached hydrogens (tertiary/aromatic N) is 4. The van der Waals surface area contributed by atoms with Gasteiger partial charge in [0.1, 0.15) is 23.7 Å². The number of hydrogen-bond donors (Lipinski definition) is 4. The molecule has 4 amide bonds. The van der Waals surface area contributed by atoms with Crippen LogP contribution in [0.3, 0.4) is 0 Å². The van der Waals surface area contributed by atoms with Gasteiger partial charge in [-0.15, -0.1) is 0 Å². The quantitative estimate of drug-likeness (QED) is 0.109. The number of carbonyl (C=O) groups is 4. The van der Waals surface area contributed by atoms with Crippen molar-refractivity contribution in [3.05, 3.63) is 71.3 Å². The number of rotatable bonds is 10. The third-order valence-electron chi connectivity index (χ3n) is 13.6. The smallest absolute Gasteiger partial charge is 0.407 e. The monoisotopic (exact) mass is 828 g/mol. The second-order valence-electron chi connectivity index (χ2n) is 18.0. The molecule has 2 aliphatic heterocycles. The van der Waals surface area contributed by atoms with Crippen molar-refractivity contribution in [1.29, 1.82) is 0 Å². The molecule has 4 aliphatic rings. The van der Waals surface area contributed by atoms with Crippen LogP contribution in [0, 0.1) is 11.8 Å². The van der Waals surface area contributed by atoms with Crippen LogP contribution in [0.2, 0.25) is 0 Å². The zero-order valence-corrected chi connectivity index (χ0v) is 35.8. The standard InChI is InChI=1S/C47H56N8O6/c1-24(2)40(52-46(58)60-5)44(56)54-19-7-9-36(54)42-48-32-17-13-26(22-34(32)50-42)30-15-16-31(39-29-12-11-28(21-29)38(30)39)27-14-18-33-35(23-27)51-43(49-33)37-10-8-20-55(37)45(57)41(25(3)4)53-47(59)61-6/h13-18,22-25,28-29,36-37,40-41H,7-12,19-21H2,1-6H3,(H,48,50)(H,49,51)(H,52,58)(H,53,59)/t28?,29?,36-,37?,40-,41-/m0/s1. The Hall–Kier alpha value is -5.92. The summed E-state index contributed by atoms with van der Waals surface area (Å²) in [7, 11) is 2.61. The summed E-state index contributed by atoms with van der Waals surface area (Å²) in [5.74, 6) is 2.07. The summed E-state index contributed by atoms with van der Waals surface area (Å²) < 4.78 is 9.63. The van der Waals surface area contributed by atoms with Crippen molar-refractivity contribution in [1.82, 2.24) is 40.4 Å². The number of methoxy groups -OCH3 is 2. The first-order valence-corrected chi connectivity index (χ1v) is 21.9. The van der Waals surface area contributed by atoms with Gasteiger partial charge in [-0.25, -0.2) is 19.6 Å². The number of aromatic nitrogens is 4. The highest BCUT2D eigenvalue weighted by atomic mass is 16.5. The molecule has 2 aromatic heterocycles. The van der Waals surface area contributed by atoms with Crippen molar-refractivity contribution < 1.29 is 28.7 Å². The lowest BCUT2D eigenvalue weighted by Gasteiger charge is -2.29. The third-order valence-corrected chi connectivity index (χ3v) is 13.6. The Bertz CT molecular complexity index is 2350. The van der Waals surface area contributed by atoms with Crippen LogP contribution in [0.1, 0.15) is 119 Å². The lowest BCUT2D eigenvalue weighted by atomic mass is 9.81. The third kappa shape index (κ3) is 7.27. The number of carbonyl (C=O) groups excluding carboxylic acids is 4. The van der Waals surface area contributed by atoms with Gasteiger partial charge >= 0.3 is 12.2 Å². The summed E-state index contributed by atoms with van der Waals surface area (Å²) in [5.41, 5.74) is 11.3. The molecule has 14 nitrogen and oxygen atoms in total. The number of H-pyrrole nitrogens is 2. The van der Waals surface area contributed by atoms with E-state index >= 15 is 0 Å². The molecule has 0 radical (unpaired) electrons. The maximum Gasteiger partial charge on any atom is 0.407 e. The van der Waals surface area contributed by atoms with Crippen LogP contribution in [0.25, 0.3) is 44.3 Å². The van der Waals surface area contributed by atoms with E-state index in [4.69, 9.17) is 19.4 Å². The Morgan fingerprint density at radius 3 is 1.46 bits per heavy atom. The molecule has 5 aromatic rings. The van der Waals surface area contributed by atoms with E-state index in [1.54, 1.807) is 0 Å². The Morgan fingerprint density at radius 2 is 1.07 bits per heavy atom. The second-order valence-corrected chi connectivity index (χ2v) is 18.0. The summed E-state index contributed by atoms with van der Waals surface area (Å²) in [6.07, 6.45) is 5.59.